The van der Waals surface area contributed by atoms with Crippen molar-refractivity contribution in [2.75, 3.05) is 41.4 Å². The van der Waals surface area contributed by atoms with E-state index in [9.17, 15) is 5.11 Å². The topological polar surface area (TPSA) is 45.2 Å². The summed E-state index contributed by atoms with van der Waals surface area (Å²) in [6.45, 7) is 2.37. The van der Waals surface area contributed by atoms with Crippen LogP contribution in [0.25, 0.3) is 0 Å². The molecule has 0 aliphatic rings. The van der Waals surface area contributed by atoms with Crippen LogP contribution in [0, 0.1) is 0 Å². The van der Waals surface area contributed by atoms with Gasteiger partial charge >= 0.3 is 0 Å². The lowest BCUT2D eigenvalue weighted by molar-refractivity contribution is 0.0732. The maximum absolute atomic E-state index is 10.3. The van der Waals surface area contributed by atoms with Gasteiger partial charge in [0.05, 0.1) is 7.11 Å². The van der Waals surface area contributed by atoms with Crippen molar-refractivity contribution in [3.05, 3.63) is 59.7 Å². The van der Waals surface area contributed by atoms with E-state index in [-0.39, 0.29) is 6.61 Å². The predicted octanol–water partition coefficient (Wildman–Crippen LogP) is 2.63. The normalized spacial score (nSPS) is 12.4. The highest BCUT2D eigenvalue weighted by Gasteiger charge is 2.12. The third-order valence-corrected chi connectivity index (χ3v) is 3.98. The van der Waals surface area contributed by atoms with E-state index >= 15 is 0 Å². The Labute approximate surface area is 156 Å². The Hall–Kier alpha value is -2.08. The minimum atomic E-state index is -0.578. The molecule has 2 rings (SSSR count). The van der Waals surface area contributed by atoms with Crippen LogP contribution >= 0.6 is 0 Å². The Morgan fingerprint density at radius 3 is 2.31 bits per heavy atom. The molecule has 0 saturated heterocycles. The fourth-order valence-electron chi connectivity index (χ4n) is 2.86. The predicted molar refractivity (Wildman–Crippen MR) is 105 cm³/mol. The van der Waals surface area contributed by atoms with Gasteiger partial charge in [-0.2, -0.15) is 0 Å². The average molecular weight is 358 g/mol. The van der Waals surface area contributed by atoms with Crippen LogP contribution in [-0.4, -0.2) is 62.4 Å². The van der Waals surface area contributed by atoms with Gasteiger partial charge in [0.15, 0.2) is 11.5 Å². The van der Waals surface area contributed by atoms with Gasteiger partial charge in [-0.25, -0.2) is 0 Å². The average Bonchev–Trinajstić information content (AvgIpc) is 2.60. The van der Waals surface area contributed by atoms with Crippen LogP contribution in [0.15, 0.2) is 48.5 Å². The summed E-state index contributed by atoms with van der Waals surface area (Å²) in [5.41, 5.74) is 2.36. The van der Waals surface area contributed by atoms with Gasteiger partial charge < -0.3 is 19.5 Å². The SMILES string of the molecule is COc1ccc(CN(C)C)cc1OCC(O)CN(C)Cc1ccccc1. The zero-order valence-electron chi connectivity index (χ0n) is 16.2. The standard InChI is InChI=1S/C21H30N2O3/c1-22(2)13-18-10-11-20(25-4)21(12-18)26-16-19(24)15-23(3)14-17-8-6-5-7-9-17/h5-12,19,24H,13-16H2,1-4H3. The fraction of sp³-hybridized carbons (Fsp3) is 0.429. The second-order valence-corrected chi connectivity index (χ2v) is 6.87. The molecule has 0 amide bonds. The van der Waals surface area contributed by atoms with Gasteiger partial charge in [-0.05, 0) is 44.4 Å². The summed E-state index contributed by atoms with van der Waals surface area (Å²) in [5, 5.41) is 10.3. The van der Waals surface area contributed by atoms with Crippen molar-refractivity contribution in [1.82, 2.24) is 9.80 Å². The lowest BCUT2D eigenvalue weighted by Crippen LogP contribution is -2.32. The molecule has 5 nitrogen and oxygen atoms in total. The number of ether oxygens (including phenoxy) is 2. The van der Waals surface area contributed by atoms with Gasteiger partial charge in [0, 0.05) is 19.6 Å². The summed E-state index contributed by atoms with van der Waals surface area (Å²) >= 11 is 0. The van der Waals surface area contributed by atoms with Gasteiger partial charge in [0.25, 0.3) is 0 Å². The van der Waals surface area contributed by atoms with Crippen LogP contribution < -0.4 is 9.47 Å². The third-order valence-electron chi connectivity index (χ3n) is 3.98. The highest BCUT2D eigenvalue weighted by Crippen LogP contribution is 2.28. The molecule has 2 aromatic rings. The summed E-state index contributed by atoms with van der Waals surface area (Å²) in [5.74, 6) is 1.34. The van der Waals surface area contributed by atoms with Gasteiger partial charge in [-0.3, -0.25) is 4.90 Å². The highest BCUT2D eigenvalue weighted by molar-refractivity contribution is 5.43. The van der Waals surface area contributed by atoms with E-state index in [2.05, 4.69) is 21.9 Å². The monoisotopic (exact) mass is 358 g/mol. The summed E-state index contributed by atoms with van der Waals surface area (Å²) < 4.78 is 11.2. The van der Waals surface area contributed by atoms with Crippen LogP contribution in [0.2, 0.25) is 0 Å². The van der Waals surface area contributed by atoms with E-state index in [4.69, 9.17) is 9.47 Å². The first-order valence-corrected chi connectivity index (χ1v) is 8.83. The molecule has 5 heteroatoms. The van der Waals surface area contributed by atoms with Crippen LogP contribution in [0.5, 0.6) is 11.5 Å². The van der Waals surface area contributed by atoms with Crippen LogP contribution in [0.4, 0.5) is 0 Å². The molecule has 1 atom stereocenters. The largest absolute Gasteiger partial charge is 0.493 e. The molecular formula is C21H30N2O3. The second-order valence-electron chi connectivity index (χ2n) is 6.87. The number of aliphatic hydroxyl groups is 1. The summed E-state index contributed by atoms with van der Waals surface area (Å²) in [6, 6.07) is 16.1. The van der Waals surface area contributed by atoms with Crippen molar-refractivity contribution in [3.8, 4) is 11.5 Å². The molecule has 0 aliphatic carbocycles. The van der Waals surface area contributed by atoms with Crippen molar-refractivity contribution in [3.63, 3.8) is 0 Å². The Bertz CT molecular complexity index is 662. The number of likely N-dealkylation sites (N-methyl/N-ethyl adjacent to an activating group) is 1. The molecule has 2 aromatic carbocycles. The molecule has 1 unspecified atom stereocenters. The first kappa shape index (κ1) is 20.2. The Balaban J connectivity index is 1.88. The zero-order chi connectivity index (χ0) is 18.9. The van der Waals surface area contributed by atoms with Crippen LogP contribution in [-0.2, 0) is 13.1 Å². The molecule has 0 fully saturated rings. The Morgan fingerprint density at radius 1 is 0.923 bits per heavy atom. The number of hydrogen-bond acceptors (Lipinski definition) is 5. The number of nitrogens with zero attached hydrogens (tertiary/aromatic N) is 2. The Morgan fingerprint density at radius 2 is 1.65 bits per heavy atom. The first-order valence-electron chi connectivity index (χ1n) is 8.83. The number of methoxy groups -OCH3 is 1. The fourth-order valence-corrected chi connectivity index (χ4v) is 2.86. The maximum Gasteiger partial charge on any atom is 0.161 e. The van der Waals surface area contributed by atoms with Crippen molar-refractivity contribution in [2.45, 2.75) is 19.2 Å². The summed E-state index contributed by atoms with van der Waals surface area (Å²) in [4.78, 5) is 4.18. The molecule has 142 valence electrons. The Kier molecular flexibility index (Phi) is 7.91. The molecule has 0 heterocycles. The van der Waals surface area contributed by atoms with Gasteiger partial charge in [-0.15, -0.1) is 0 Å². The van der Waals surface area contributed by atoms with E-state index in [1.165, 1.54) is 5.56 Å². The minimum absolute atomic E-state index is 0.223. The van der Waals surface area contributed by atoms with Crippen molar-refractivity contribution < 1.29 is 14.6 Å². The van der Waals surface area contributed by atoms with Crippen molar-refractivity contribution >= 4 is 0 Å². The molecule has 0 spiro atoms. The lowest BCUT2D eigenvalue weighted by Gasteiger charge is -2.21. The molecule has 0 saturated carbocycles. The molecule has 0 aliphatic heterocycles. The zero-order valence-corrected chi connectivity index (χ0v) is 16.2. The van der Waals surface area contributed by atoms with E-state index in [0.717, 1.165) is 18.7 Å². The maximum atomic E-state index is 10.3. The molecule has 26 heavy (non-hydrogen) atoms. The van der Waals surface area contributed by atoms with Crippen molar-refractivity contribution in [2.24, 2.45) is 0 Å². The molecule has 0 aromatic heterocycles. The third kappa shape index (κ3) is 6.67. The van der Waals surface area contributed by atoms with E-state index in [0.29, 0.717) is 18.0 Å². The van der Waals surface area contributed by atoms with Gasteiger partial charge in [0.2, 0.25) is 0 Å². The smallest absolute Gasteiger partial charge is 0.161 e. The number of hydrogen-bond donors (Lipinski definition) is 1. The van der Waals surface area contributed by atoms with E-state index in [1.807, 2.05) is 57.5 Å². The van der Waals surface area contributed by atoms with E-state index in [1.54, 1.807) is 7.11 Å². The lowest BCUT2D eigenvalue weighted by atomic mass is 10.2. The van der Waals surface area contributed by atoms with Crippen molar-refractivity contribution in [1.29, 1.82) is 0 Å². The second kappa shape index (κ2) is 10.2. The molecule has 1 N–H and O–H groups in total. The minimum Gasteiger partial charge on any atom is -0.493 e. The number of aliphatic hydroxyl groups excluding tert-OH is 1. The van der Waals surface area contributed by atoms with Crippen LogP contribution in [0.1, 0.15) is 11.1 Å². The molecule has 0 radical (unpaired) electrons. The summed E-state index contributed by atoms with van der Waals surface area (Å²) in [7, 11) is 7.67. The summed E-state index contributed by atoms with van der Waals surface area (Å²) in [6.07, 6.45) is -0.578. The number of rotatable bonds is 10. The van der Waals surface area contributed by atoms with E-state index < -0.39 is 6.10 Å². The van der Waals surface area contributed by atoms with Crippen LogP contribution in [0.3, 0.4) is 0 Å². The molecule has 0 bridgehead atoms. The van der Waals surface area contributed by atoms with Gasteiger partial charge in [0.1, 0.15) is 12.7 Å². The first-order chi connectivity index (χ1) is 12.5. The molecular weight excluding hydrogens is 328 g/mol. The van der Waals surface area contributed by atoms with Gasteiger partial charge in [-0.1, -0.05) is 36.4 Å². The number of benzene rings is 2. The quantitative estimate of drug-likeness (QED) is 0.707. The highest BCUT2D eigenvalue weighted by atomic mass is 16.5.